The van der Waals surface area contributed by atoms with Crippen molar-refractivity contribution in [2.45, 2.75) is 19.4 Å². The maximum absolute atomic E-state index is 3.52. The monoisotopic (exact) mass is 167 g/mol. The Morgan fingerprint density at radius 1 is 1.64 bits per heavy atom. The van der Waals surface area contributed by atoms with Crippen LogP contribution in [-0.2, 0) is 0 Å². The summed E-state index contributed by atoms with van der Waals surface area (Å²) in [7, 11) is 0. The quantitative estimate of drug-likeness (QED) is 0.677. The van der Waals surface area contributed by atoms with E-state index in [9.17, 15) is 0 Å². The van der Waals surface area contributed by atoms with Crippen LogP contribution in [0.1, 0.15) is 24.3 Å². The Labute approximate surface area is 71.4 Å². The van der Waals surface area contributed by atoms with E-state index in [1.54, 1.807) is 0 Å². The van der Waals surface area contributed by atoms with E-state index >= 15 is 0 Å². The maximum Gasteiger partial charge on any atom is 0.0441 e. The second-order valence-corrected chi connectivity index (χ2v) is 4.19. The first-order valence-corrected chi connectivity index (χ1v) is 5.02. The van der Waals surface area contributed by atoms with E-state index < -0.39 is 0 Å². The van der Waals surface area contributed by atoms with Gasteiger partial charge >= 0.3 is 0 Å². The standard InChI is InChI=1S/C9H13NS/c1-7-4-5-10-9(7)8-3-2-6-11-8/h2-3,6-7,9-10H,4-5H2,1H3/t7-,9-/m0/s1. The SMILES string of the molecule is C[C@H]1CCN[C@@H]1c1cccs1. The molecule has 1 aliphatic heterocycles. The van der Waals surface area contributed by atoms with E-state index in [0.717, 1.165) is 5.92 Å². The van der Waals surface area contributed by atoms with Crippen molar-refractivity contribution in [2.75, 3.05) is 6.54 Å². The molecule has 0 amide bonds. The van der Waals surface area contributed by atoms with Crippen molar-refractivity contribution in [3.8, 4) is 0 Å². The van der Waals surface area contributed by atoms with Crippen LogP contribution in [0.3, 0.4) is 0 Å². The van der Waals surface area contributed by atoms with Gasteiger partial charge in [0.1, 0.15) is 0 Å². The summed E-state index contributed by atoms with van der Waals surface area (Å²) in [6.45, 7) is 3.51. The van der Waals surface area contributed by atoms with Gasteiger partial charge in [-0.15, -0.1) is 11.3 Å². The average molecular weight is 167 g/mol. The van der Waals surface area contributed by atoms with Crippen molar-refractivity contribution in [2.24, 2.45) is 5.92 Å². The lowest BCUT2D eigenvalue weighted by atomic mass is 10.0. The van der Waals surface area contributed by atoms with Crippen LogP contribution >= 0.6 is 11.3 Å². The van der Waals surface area contributed by atoms with Crippen molar-refractivity contribution in [3.05, 3.63) is 22.4 Å². The van der Waals surface area contributed by atoms with Crippen LogP contribution in [0.15, 0.2) is 17.5 Å². The molecule has 2 rings (SSSR count). The second kappa shape index (κ2) is 2.95. The Kier molecular flexibility index (Phi) is 1.96. The van der Waals surface area contributed by atoms with Gasteiger partial charge in [-0.05, 0) is 30.3 Å². The fraction of sp³-hybridized carbons (Fsp3) is 0.556. The molecule has 0 bridgehead atoms. The zero-order valence-corrected chi connectivity index (χ0v) is 7.53. The van der Waals surface area contributed by atoms with Crippen LogP contribution in [-0.4, -0.2) is 6.54 Å². The lowest BCUT2D eigenvalue weighted by molar-refractivity contribution is 0.511. The Morgan fingerprint density at radius 2 is 2.55 bits per heavy atom. The van der Waals surface area contributed by atoms with Gasteiger partial charge in [0.05, 0.1) is 0 Å². The van der Waals surface area contributed by atoms with Crippen molar-refractivity contribution in [1.82, 2.24) is 5.32 Å². The molecule has 0 aliphatic carbocycles. The molecular weight excluding hydrogens is 154 g/mol. The third-order valence-corrected chi connectivity index (χ3v) is 3.34. The molecule has 11 heavy (non-hydrogen) atoms. The molecule has 0 spiro atoms. The molecular formula is C9H13NS. The fourth-order valence-electron chi connectivity index (χ4n) is 1.68. The lowest BCUT2D eigenvalue weighted by Crippen LogP contribution is -2.14. The highest BCUT2D eigenvalue weighted by molar-refractivity contribution is 7.10. The first kappa shape index (κ1) is 7.32. The molecule has 1 saturated heterocycles. The average Bonchev–Trinajstić information content (AvgIpc) is 2.55. The predicted octanol–water partition coefficient (Wildman–Crippen LogP) is 2.42. The van der Waals surface area contributed by atoms with E-state index in [-0.39, 0.29) is 0 Å². The Morgan fingerprint density at radius 3 is 3.09 bits per heavy atom. The van der Waals surface area contributed by atoms with Gasteiger partial charge in [0, 0.05) is 10.9 Å². The van der Waals surface area contributed by atoms with Gasteiger partial charge in [-0.25, -0.2) is 0 Å². The Balaban J connectivity index is 2.16. The van der Waals surface area contributed by atoms with Gasteiger partial charge in [0.2, 0.25) is 0 Å². The molecule has 60 valence electrons. The van der Waals surface area contributed by atoms with Crippen LogP contribution in [0, 0.1) is 5.92 Å². The summed E-state index contributed by atoms with van der Waals surface area (Å²) in [5.74, 6) is 0.814. The van der Waals surface area contributed by atoms with Crippen molar-refractivity contribution in [3.63, 3.8) is 0 Å². The van der Waals surface area contributed by atoms with E-state index in [1.807, 2.05) is 11.3 Å². The molecule has 2 heteroatoms. The minimum absolute atomic E-state index is 0.634. The topological polar surface area (TPSA) is 12.0 Å². The van der Waals surface area contributed by atoms with Crippen LogP contribution in [0.2, 0.25) is 0 Å². The summed E-state index contributed by atoms with van der Waals surface area (Å²) in [5, 5.41) is 5.67. The van der Waals surface area contributed by atoms with Crippen LogP contribution < -0.4 is 5.32 Å². The number of hydrogen-bond acceptors (Lipinski definition) is 2. The molecule has 0 aromatic carbocycles. The molecule has 1 aromatic rings. The molecule has 1 aliphatic rings. The molecule has 1 N–H and O–H groups in total. The highest BCUT2D eigenvalue weighted by atomic mass is 32.1. The van der Waals surface area contributed by atoms with Crippen molar-refractivity contribution in [1.29, 1.82) is 0 Å². The van der Waals surface area contributed by atoms with Gasteiger partial charge in [-0.2, -0.15) is 0 Å². The zero-order chi connectivity index (χ0) is 7.68. The summed E-state index contributed by atoms with van der Waals surface area (Å²) in [5.41, 5.74) is 0. The third kappa shape index (κ3) is 1.33. The number of thiophene rings is 1. The van der Waals surface area contributed by atoms with Gasteiger partial charge in [-0.3, -0.25) is 0 Å². The molecule has 0 radical (unpaired) electrons. The zero-order valence-electron chi connectivity index (χ0n) is 6.71. The molecule has 0 unspecified atom stereocenters. The summed E-state index contributed by atoms with van der Waals surface area (Å²) < 4.78 is 0. The maximum atomic E-state index is 3.52. The Bertz CT molecular complexity index is 217. The summed E-state index contributed by atoms with van der Waals surface area (Å²) in [6, 6.07) is 4.99. The molecule has 2 heterocycles. The first-order valence-electron chi connectivity index (χ1n) is 4.15. The van der Waals surface area contributed by atoms with Crippen molar-refractivity contribution < 1.29 is 0 Å². The van der Waals surface area contributed by atoms with E-state index in [4.69, 9.17) is 0 Å². The van der Waals surface area contributed by atoms with Gasteiger partial charge < -0.3 is 5.32 Å². The van der Waals surface area contributed by atoms with E-state index in [2.05, 4.69) is 29.8 Å². The van der Waals surface area contributed by atoms with Crippen molar-refractivity contribution >= 4 is 11.3 Å². The third-order valence-electron chi connectivity index (χ3n) is 2.38. The normalized spacial score (nSPS) is 31.0. The largest absolute Gasteiger partial charge is 0.309 e. The van der Waals surface area contributed by atoms with Crippen LogP contribution in [0.5, 0.6) is 0 Å². The predicted molar refractivity (Wildman–Crippen MR) is 48.8 cm³/mol. The highest BCUT2D eigenvalue weighted by Crippen LogP contribution is 2.31. The molecule has 1 fully saturated rings. The summed E-state index contributed by atoms with van der Waals surface area (Å²) in [4.78, 5) is 1.50. The number of nitrogens with one attached hydrogen (secondary N) is 1. The Hall–Kier alpha value is -0.340. The molecule has 1 aromatic heterocycles. The van der Waals surface area contributed by atoms with Crippen LogP contribution in [0.25, 0.3) is 0 Å². The minimum Gasteiger partial charge on any atom is -0.309 e. The minimum atomic E-state index is 0.634. The first-order chi connectivity index (χ1) is 5.38. The number of hydrogen-bond donors (Lipinski definition) is 1. The summed E-state index contributed by atoms with van der Waals surface area (Å²) >= 11 is 1.86. The van der Waals surface area contributed by atoms with E-state index in [1.165, 1.54) is 17.8 Å². The van der Waals surface area contributed by atoms with Gasteiger partial charge in [-0.1, -0.05) is 13.0 Å². The number of rotatable bonds is 1. The molecule has 1 nitrogen and oxygen atoms in total. The molecule has 2 atom stereocenters. The van der Waals surface area contributed by atoms with Gasteiger partial charge in [0.25, 0.3) is 0 Å². The highest BCUT2D eigenvalue weighted by Gasteiger charge is 2.24. The lowest BCUT2D eigenvalue weighted by Gasteiger charge is -2.12. The molecule has 0 saturated carbocycles. The van der Waals surface area contributed by atoms with Crippen LogP contribution in [0.4, 0.5) is 0 Å². The second-order valence-electron chi connectivity index (χ2n) is 3.21. The summed E-state index contributed by atoms with van der Waals surface area (Å²) in [6.07, 6.45) is 1.32. The van der Waals surface area contributed by atoms with Gasteiger partial charge in [0.15, 0.2) is 0 Å². The fourth-order valence-corrected chi connectivity index (χ4v) is 2.62. The van der Waals surface area contributed by atoms with E-state index in [0.29, 0.717) is 6.04 Å². The smallest absolute Gasteiger partial charge is 0.0441 e.